The molecule has 0 aliphatic carbocycles. The summed E-state index contributed by atoms with van der Waals surface area (Å²) in [4.78, 5) is 20.2. The van der Waals surface area contributed by atoms with Crippen LogP contribution in [-0.4, -0.2) is 17.0 Å². The molecule has 0 amide bonds. The van der Waals surface area contributed by atoms with Gasteiger partial charge in [-0.3, -0.25) is 4.79 Å². The van der Waals surface area contributed by atoms with E-state index in [1.165, 1.54) is 0 Å². The van der Waals surface area contributed by atoms with Crippen molar-refractivity contribution >= 4 is 11.9 Å². The van der Waals surface area contributed by atoms with E-state index in [2.05, 4.69) is 4.74 Å². The molecular weight excluding hydrogens is 136 g/mol. The summed E-state index contributed by atoms with van der Waals surface area (Å²) in [5, 5.41) is 8.00. The molecule has 0 aromatic heterocycles. The maximum Gasteiger partial charge on any atom is 0.349 e. The Hall–Kier alpha value is -1.06. The maximum absolute atomic E-state index is 10.4. The van der Waals surface area contributed by atoms with E-state index in [4.69, 9.17) is 5.11 Å². The van der Waals surface area contributed by atoms with Gasteiger partial charge in [0.1, 0.15) is 0 Å². The smallest absolute Gasteiger partial charge is 0.349 e. The fraction of sp³-hybridized carbons (Fsp3) is 0.500. The van der Waals surface area contributed by atoms with Gasteiger partial charge in [0.25, 0.3) is 0 Å². The molecule has 0 saturated heterocycles. The molecule has 0 fully saturated rings. The average molecular weight is 145 g/mol. The van der Waals surface area contributed by atoms with Gasteiger partial charge in [-0.25, -0.2) is 4.79 Å². The van der Waals surface area contributed by atoms with Gasteiger partial charge >= 0.3 is 11.9 Å². The quantitative estimate of drug-likeness (QED) is 0.587. The molecule has 0 atom stereocenters. The van der Waals surface area contributed by atoms with Crippen LogP contribution in [0.2, 0.25) is 0 Å². The molecule has 1 N–H and O–H groups in total. The van der Waals surface area contributed by atoms with E-state index >= 15 is 0 Å². The summed E-state index contributed by atoms with van der Waals surface area (Å²) in [5.74, 6) is -1.76. The first-order valence-electron chi connectivity index (χ1n) is 2.92. The topological polar surface area (TPSA) is 63.6 Å². The van der Waals surface area contributed by atoms with Crippen LogP contribution >= 0.6 is 0 Å². The molecule has 0 aliphatic rings. The number of rotatable bonds is 4. The summed E-state index contributed by atoms with van der Waals surface area (Å²) >= 11 is 0. The van der Waals surface area contributed by atoms with Crippen molar-refractivity contribution in [2.75, 3.05) is 0 Å². The van der Waals surface area contributed by atoms with E-state index in [0.29, 0.717) is 13.0 Å². The number of hydrogen-bond acceptors (Lipinski definition) is 3. The second-order valence-corrected chi connectivity index (χ2v) is 1.70. The first kappa shape index (κ1) is 8.94. The molecule has 0 unspecified atom stereocenters. The summed E-state index contributed by atoms with van der Waals surface area (Å²) in [6.07, 6.45) is 0.913. The predicted octanol–water partition coefficient (Wildman–Crippen LogP) is 0.576. The van der Waals surface area contributed by atoms with Crippen molar-refractivity contribution in [1.29, 1.82) is 0 Å². The highest BCUT2D eigenvalue weighted by Gasteiger charge is 2.04. The molecular formula is C6H9O4. The van der Waals surface area contributed by atoms with Crippen LogP contribution in [0.15, 0.2) is 0 Å². The molecule has 0 rings (SSSR count). The van der Waals surface area contributed by atoms with E-state index in [1.54, 1.807) is 0 Å². The van der Waals surface area contributed by atoms with Crippen LogP contribution in [0.1, 0.15) is 19.8 Å². The number of carboxylic acids is 1. The molecule has 0 aromatic rings. The summed E-state index contributed by atoms with van der Waals surface area (Å²) < 4.78 is 4.18. The van der Waals surface area contributed by atoms with Crippen LogP contribution in [0, 0.1) is 6.61 Å². The van der Waals surface area contributed by atoms with Crippen molar-refractivity contribution in [3.63, 3.8) is 0 Å². The number of carbonyl (C=O) groups is 2. The number of hydrogen-bond donors (Lipinski definition) is 1. The summed E-state index contributed by atoms with van der Waals surface area (Å²) in [7, 11) is 0. The molecule has 0 spiro atoms. The third-order valence-electron chi connectivity index (χ3n) is 0.745. The predicted molar refractivity (Wildman–Crippen MR) is 32.9 cm³/mol. The van der Waals surface area contributed by atoms with Crippen molar-refractivity contribution in [2.24, 2.45) is 0 Å². The summed E-state index contributed by atoms with van der Waals surface area (Å²) in [6.45, 7) is 2.29. The fourth-order valence-corrected chi connectivity index (χ4v) is 0.379. The third-order valence-corrected chi connectivity index (χ3v) is 0.745. The van der Waals surface area contributed by atoms with Gasteiger partial charge in [-0.15, -0.1) is 0 Å². The van der Waals surface area contributed by atoms with Crippen LogP contribution in [0.4, 0.5) is 0 Å². The Morgan fingerprint density at radius 2 is 2.20 bits per heavy atom. The number of carboxylic acid groups (broad SMARTS) is 1. The van der Waals surface area contributed by atoms with Crippen molar-refractivity contribution < 1.29 is 19.4 Å². The Morgan fingerprint density at radius 1 is 1.60 bits per heavy atom. The number of carbonyl (C=O) groups excluding carboxylic acids is 1. The lowest BCUT2D eigenvalue weighted by Gasteiger charge is -1.96. The maximum atomic E-state index is 10.4. The molecule has 0 saturated carbocycles. The minimum Gasteiger partial charge on any atom is -0.478 e. The first-order valence-corrected chi connectivity index (χ1v) is 2.92. The first-order chi connectivity index (χ1) is 4.66. The average Bonchev–Trinajstić information content (AvgIpc) is 1.85. The molecule has 1 radical (unpaired) electrons. The van der Waals surface area contributed by atoms with Gasteiger partial charge in [0.15, 0.2) is 0 Å². The zero-order valence-electron chi connectivity index (χ0n) is 5.66. The van der Waals surface area contributed by atoms with Gasteiger partial charge in [0, 0.05) is 6.42 Å². The number of ether oxygens (including phenoxy) is 1. The summed E-state index contributed by atoms with van der Waals surface area (Å²) in [6, 6.07) is 0. The molecule has 4 heteroatoms. The highest BCUT2D eigenvalue weighted by Crippen LogP contribution is 1.92. The Balaban J connectivity index is 3.30. The van der Waals surface area contributed by atoms with Crippen LogP contribution in [0.25, 0.3) is 0 Å². The Morgan fingerprint density at radius 3 is 2.60 bits per heavy atom. The summed E-state index contributed by atoms with van der Waals surface area (Å²) in [5.41, 5.74) is 0. The van der Waals surface area contributed by atoms with E-state index in [1.807, 2.05) is 6.92 Å². The largest absolute Gasteiger partial charge is 0.478 e. The van der Waals surface area contributed by atoms with Gasteiger partial charge in [-0.05, 0) is 6.42 Å². The second kappa shape index (κ2) is 4.78. The van der Waals surface area contributed by atoms with Gasteiger partial charge in [-0.2, -0.15) is 0 Å². The van der Waals surface area contributed by atoms with E-state index in [0.717, 1.165) is 0 Å². The van der Waals surface area contributed by atoms with Crippen molar-refractivity contribution in [1.82, 2.24) is 0 Å². The zero-order chi connectivity index (χ0) is 7.98. The molecule has 0 aromatic carbocycles. The van der Waals surface area contributed by atoms with Crippen molar-refractivity contribution in [2.45, 2.75) is 19.8 Å². The fourth-order valence-electron chi connectivity index (χ4n) is 0.379. The molecule has 0 heterocycles. The monoisotopic (exact) mass is 145 g/mol. The molecule has 10 heavy (non-hydrogen) atoms. The highest BCUT2D eigenvalue weighted by atomic mass is 16.5. The van der Waals surface area contributed by atoms with E-state index < -0.39 is 11.9 Å². The lowest BCUT2D eigenvalue weighted by Crippen LogP contribution is -2.06. The highest BCUT2D eigenvalue weighted by molar-refractivity contribution is 5.79. The Kier molecular flexibility index (Phi) is 4.28. The lowest BCUT2D eigenvalue weighted by atomic mass is 10.3. The Labute approximate surface area is 58.8 Å². The lowest BCUT2D eigenvalue weighted by molar-refractivity contribution is -0.149. The van der Waals surface area contributed by atoms with Crippen LogP contribution in [0.5, 0.6) is 0 Å². The zero-order valence-corrected chi connectivity index (χ0v) is 5.66. The van der Waals surface area contributed by atoms with Crippen molar-refractivity contribution in [3.05, 3.63) is 6.61 Å². The normalized spacial score (nSPS) is 8.90. The molecule has 4 nitrogen and oxygen atoms in total. The van der Waals surface area contributed by atoms with Gasteiger partial charge < -0.3 is 9.84 Å². The van der Waals surface area contributed by atoms with E-state index in [-0.39, 0.29) is 6.42 Å². The van der Waals surface area contributed by atoms with Crippen LogP contribution < -0.4 is 0 Å². The molecule has 0 bridgehead atoms. The van der Waals surface area contributed by atoms with Crippen LogP contribution in [-0.2, 0) is 14.3 Å². The third kappa shape index (κ3) is 5.08. The SMILES string of the molecule is CCCC(=O)O[CH]C(=O)O. The molecule has 57 valence electrons. The van der Waals surface area contributed by atoms with Gasteiger partial charge in [-0.1, -0.05) is 6.92 Å². The Bertz CT molecular complexity index is 130. The molecule has 0 aliphatic heterocycles. The number of esters is 1. The second-order valence-electron chi connectivity index (χ2n) is 1.70. The standard InChI is InChI=1S/C6H9O4/c1-2-3-6(9)10-4-5(7)8/h4H,2-3H2,1H3,(H,7,8). The minimum absolute atomic E-state index is 0.254. The van der Waals surface area contributed by atoms with E-state index in [9.17, 15) is 9.59 Å². The van der Waals surface area contributed by atoms with Crippen LogP contribution in [0.3, 0.4) is 0 Å². The minimum atomic E-state index is -1.25. The number of aliphatic carboxylic acids is 1. The van der Waals surface area contributed by atoms with Crippen molar-refractivity contribution in [3.8, 4) is 0 Å². The van der Waals surface area contributed by atoms with Gasteiger partial charge in [0.2, 0.25) is 6.61 Å². The van der Waals surface area contributed by atoms with Gasteiger partial charge in [0.05, 0.1) is 0 Å².